The molecule has 1 aliphatic carbocycles. The Labute approximate surface area is 275 Å². The smallest absolute Gasteiger partial charge is 0.227 e. The second-order valence-corrected chi connectivity index (χ2v) is 13.8. The standard InChI is InChI=1S/C33H31Cl3N4O3S/c1-4-42-28-13-19(10-12-27(28)43-17-20-9-11-22(34)14-24(20)36)30-29-25(15-33(2,3)16-26(29)41)37-31-38-32(39-40(30)31)44-18-21-7-5-6-8-23(21)35/h5-14,30H,4,15-18H2,1-3H3,(H,37,38,39). The molecule has 0 amide bonds. The van der Waals surface area contributed by atoms with Crippen LogP contribution in [0.4, 0.5) is 5.95 Å². The molecule has 0 saturated carbocycles. The molecule has 0 fully saturated rings. The van der Waals surface area contributed by atoms with Gasteiger partial charge in [0.05, 0.1) is 6.61 Å². The van der Waals surface area contributed by atoms with Crippen molar-refractivity contribution in [3.05, 3.63) is 104 Å². The van der Waals surface area contributed by atoms with E-state index < -0.39 is 6.04 Å². The van der Waals surface area contributed by atoms with Gasteiger partial charge in [-0.15, -0.1) is 5.10 Å². The van der Waals surface area contributed by atoms with Crippen LogP contribution in [-0.2, 0) is 17.2 Å². The number of hydrogen-bond acceptors (Lipinski definition) is 7. The van der Waals surface area contributed by atoms with Crippen LogP contribution in [0.2, 0.25) is 15.1 Å². The number of rotatable bonds is 9. The van der Waals surface area contributed by atoms with Gasteiger partial charge in [-0.05, 0) is 60.2 Å². The zero-order valence-electron chi connectivity index (χ0n) is 24.5. The number of aromatic nitrogens is 3. The Morgan fingerprint density at radius 2 is 1.80 bits per heavy atom. The number of halogens is 3. The van der Waals surface area contributed by atoms with E-state index in [0.717, 1.165) is 28.8 Å². The summed E-state index contributed by atoms with van der Waals surface area (Å²) >= 11 is 20.3. The molecule has 1 aliphatic heterocycles. The molecule has 2 heterocycles. The van der Waals surface area contributed by atoms with E-state index in [0.29, 0.717) is 62.0 Å². The van der Waals surface area contributed by atoms with Crippen LogP contribution >= 0.6 is 46.6 Å². The highest BCUT2D eigenvalue weighted by Crippen LogP contribution is 2.47. The molecular weight excluding hydrogens is 639 g/mol. The summed E-state index contributed by atoms with van der Waals surface area (Å²) in [4.78, 5) is 18.6. The molecular formula is C33H31Cl3N4O3S. The van der Waals surface area contributed by atoms with Gasteiger partial charge >= 0.3 is 0 Å². The van der Waals surface area contributed by atoms with Crippen LogP contribution in [0.5, 0.6) is 11.5 Å². The normalized spacial score (nSPS) is 17.1. The lowest BCUT2D eigenvalue weighted by Crippen LogP contribution is -2.36. The number of benzene rings is 3. The first-order valence-corrected chi connectivity index (χ1v) is 16.4. The second-order valence-electron chi connectivity index (χ2n) is 11.6. The third-order valence-corrected chi connectivity index (χ3v) is 9.45. The van der Waals surface area contributed by atoms with Crippen LogP contribution in [0, 0.1) is 5.41 Å². The molecule has 0 radical (unpaired) electrons. The van der Waals surface area contributed by atoms with Crippen molar-refractivity contribution in [3.8, 4) is 11.5 Å². The van der Waals surface area contributed by atoms with Crippen molar-refractivity contribution in [2.24, 2.45) is 5.41 Å². The van der Waals surface area contributed by atoms with E-state index in [-0.39, 0.29) is 17.8 Å². The highest BCUT2D eigenvalue weighted by molar-refractivity contribution is 7.98. The van der Waals surface area contributed by atoms with Gasteiger partial charge in [-0.25, -0.2) is 4.68 Å². The molecule has 0 saturated heterocycles. The van der Waals surface area contributed by atoms with Crippen LogP contribution in [0.25, 0.3) is 0 Å². The molecule has 1 N–H and O–H groups in total. The number of anilines is 1. The maximum Gasteiger partial charge on any atom is 0.227 e. The third-order valence-electron chi connectivity index (χ3n) is 7.61. The number of hydrogen-bond donors (Lipinski definition) is 1. The van der Waals surface area contributed by atoms with E-state index in [4.69, 9.17) is 54.4 Å². The lowest BCUT2D eigenvalue weighted by molar-refractivity contribution is -0.118. The Bertz CT molecular complexity index is 1770. The molecule has 6 rings (SSSR count). The summed E-state index contributed by atoms with van der Waals surface area (Å²) in [7, 11) is 0. The number of nitrogens with zero attached hydrogens (tertiary/aromatic N) is 3. The molecule has 0 spiro atoms. The number of allylic oxidation sites excluding steroid dienone is 2. The van der Waals surface area contributed by atoms with Gasteiger partial charge in [0.2, 0.25) is 11.1 Å². The number of Topliss-reactive ketones (excluding diaryl/α,β-unsaturated/α-hetero) is 1. The van der Waals surface area contributed by atoms with Crippen molar-refractivity contribution >= 4 is 58.3 Å². The molecule has 1 unspecified atom stereocenters. The SMILES string of the molecule is CCOc1cc(C2C3=C(CC(C)(C)CC3=O)Nc3nc(SCc4ccccc4Cl)nn32)ccc1OCc1ccc(Cl)cc1Cl. The molecule has 0 bridgehead atoms. The summed E-state index contributed by atoms with van der Waals surface area (Å²) < 4.78 is 14.0. The van der Waals surface area contributed by atoms with Crippen molar-refractivity contribution < 1.29 is 14.3 Å². The topological polar surface area (TPSA) is 78.3 Å². The highest BCUT2D eigenvalue weighted by Gasteiger charge is 2.42. The number of ether oxygens (including phenoxy) is 2. The van der Waals surface area contributed by atoms with E-state index >= 15 is 0 Å². The van der Waals surface area contributed by atoms with E-state index in [1.54, 1.807) is 12.1 Å². The Balaban J connectivity index is 1.35. The van der Waals surface area contributed by atoms with Gasteiger partial charge in [0.25, 0.3) is 0 Å². The first-order chi connectivity index (χ1) is 21.1. The largest absolute Gasteiger partial charge is 0.490 e. The number of carbonyl (C=O) groups excluding carboxylic acids is 1. The summed E-state index contributed by atoms with van der Waals surface area (Å²) in [6.07, 6.45) is 1.17. The lowest BCUT2D eigenvalue weighted by atomic mass is 9.73. The fourth-order valence-electron chi connectivity index (χ4n) is 5.59. The summed E-state index contributed by atoms with van der Waals surface area (Å²) in [5.41, 5.74) is 4.07. The Hall–Kier alpha value is -3.17. The molecule has 3 aromatic carbocycles. The van der Waals surface area contributed by atoms with Gasteiger partial charge < -0.3 is 14.8 Å². The van der Waals surface area contributed by atoms with Crippen LogP contribution in [-0.4, -0.2) is 27.2 Å². The first kappa shape index (κ1) is 30.8. The van der Waals surface area contributed by atoms with Gasteiger partial charge in [-0.3, -0.25) is 4.79 Å². The van der Waals surface area contributed by atoms with Gasteiger partial charge in [0, 0.05) is 44.1 Å². The van der Waals surface area contributed by atoms with Crippen LogP contribution < -0.4 is 14.8 Å². The zero-order valence-corrected chi connectivity index (χ0v) is 27.6. The molecule has 7 nitrogen and oxygen atoms in total. The molecule has 1 aromatic heterocycles. The zero-order chi connectivity index (χ0) is 31.0. The fourth-order valence-corrected chi connectivity index (χ4v) is 7.17. The van der Waals surface area contributed by atoms with Crippen LogP contribution in [0.1, 0.15) is 56.3 Å². The third kappa shape index (κ3) is 6.45. The fraction of sp³-hybridized carbons (Fsp3) is 0.303. The van der Waals surface area contributed by atoms with E-state index in [2.05, 4.69) is 19.2 Å². The maximum atomic E-state index is 13.7. The van der Waals surface area contributed by atoms with Crippen molar-refractivity contribution in [1.82, 2.24) is 14.8 Å². The summed E-state index contributed by atoms with van der Waals surface area (Å²) in [5.74, 6) is 2.43. The van der Waals surface area contributed by atoms with Gasteiger partial charge in [-0.2, -0.15) is 4.98 Å². The maximum absolute atomic E-state index is 13.7. The molecule has 11 heteroatoms. The molecule has 1 atom stereocenters. The van der Waals surface area contributed by atoms with Gasteiger partial charge in [-0.1, -0.05) is 90.7 Å². The predicted octanol–water partition coefficient (Wildman–Crippen LogP) is 9.17. The predicted molar refractivity (Wildman–Crippen MR) is 176 cm³/mol. The van der Waals surface area contributed by atoms with Crippen molar-refractivity contribution in [1.29, 1.82) is 0 Å². The second kappa shape index (κ2) is 12.7. The average Bonchev–Trinajstić information content (AvgIpc) is 3.37. The Morgan fingerprint density at radius 3 is 2.57 bits per heavy atom. The Morgan fingerprint density at radius 1 is 0.977 bits per heavy atom. The summed E-state index contributed by atoms with van der Waals surface area (Å²) in [6, 6.07) is 18.3. The minimum atomic E-state index is -0.481. The van der Waals surface area contributed by atoms with Crippen LogP contribution in [0.3, 0.4) is 0 Å². The lowest BCUT2D eigenvalue weighted by Gasteiger charge is -2.38. The van der Waals surface area contributed by atoms with E-state index in [1.807, 2.05) is 60.1 Å². The van der Waals surface area contributed by atoms with Gasteiger partial charge in [0.15, 0.2) is 17.3 Å². The minimum Gasteiger partial charge on any atom is -0.490 e. The highest BCUT2D eigenvalue weighted by atomic mass is 35.5. The molecule has 228 valence electrons. The minimum absolute atomic E-state index is 0.0934. The molecule has 4 aromatic rings. The molecule has 2 aliphatic rings. The number of nitrogens with one attached hydrogen (secondary N) is 1. The van der Waals surface area contributed by atoms with E-state index in [1.165, 1.54) is 11.8 Å². The number of fused-ring (bicyclic) bond motifs is 1. The quantitative estimate of drug-likeness (QED) is 0.178. The van der Waals surface area contributed by atoms with Crippen LogP contribution in [0.15, 0.2) is 77.1 Å². The van der Waals surface area contributed by atoms with Crippen molar-refractivity contribution in [2.45, 2.75) is 57.2 Å². The Kier molecular flexibility index (Phi) is 8.88. The van der Waals surface area contributed by atoms with Crippen molar-refractivity contribution in [3.63, 3.8) is 0 Å². The molecule has 44 heavy (non-hydrogen) atoms. The monoisotopic (exact) mass is 668 g/mol. The average molecular weight is 670 g/mol. The summed E-state index contributed by atoms with van der Waals surface area (Å²) in [6.45, 7) is 6.82. The summed E-state index contributed by atoms with van der Waals surface area (Å²) in [5, 5.41) is 10.7. The number of ketones is 1. The first-order valence-electron chi connectivity index (χ1n) is 14.3. The van der Waals surface area contributed by atoms with Crippen molar-refractivity contribution in [2.75, 3.05) is 11.9 Å². The number of thioether (sulfide) groups is 1. The van der Waals surface area contributed by atoms with Gasteiger partial charge in [0.1, 0.15) is 12.6 Å². The number of carbonyl (C=O) groups is 1. The van der Waals surface area contributed by atoms with E-state index in [9.17, 15) is 4.79 Å².